The van der Waals surface area contributed by atoms with Crippen molar-refractivity contribution in [2.75, 3.05) is 18.1 Å². The summed E-state index contributed by atoms with van der Waals surface area (Å²) in [6, 6.07) is 7.28. The van der Waals surface area contributed by atoms with Crippen LogP contribution < -0.4 is 4.74 Å². The van der Waals surface area contributed by atoms with Crippen LogP contribution in [0.1, 0.15) is 12.5 Å². The van der Waals surface area contributed by atoms with Gasteiger partial charge in [-0.3, -0.25) is 0 Å². The van der Waals surface area contributed by atoms with E-state index in [1.54, 1.807) is 30.0 Å². The topological polar surface area (TPSA) is 33.0 Å². The predicted molar refractivity (Wildman–Crippen MR) is 64.7 cm³/mol. The van der Waals surface area contributed by atoms with Crippen LogP contribution >= 0.6 is 23.4 Å². The van der Waals surface area contributed by atoms with Crippen LogP contribution in [-0.2, 0) is 0 Å². The van der Waals surface area contributed by atoms with E-state index >= 15 is 0 Å². The zero-order valence-corrected chi connectivity index (χ0v) is 10.1. The number of ether oxygens (including phenoxy) is 1. The number of thioether (sulfide) groups is 1. The van der Waals surface area contributed by atoms with Crippen molar-refractivity contribution in [1.29, 1.82) is 5.26 Å². The largest absolute Gasteiger partial charge is 0.491 e. The van der Waals surface area contributed by atoms with E-state index in [0.717, 1.165) is 11.5 Å². The maximum Gasteiger partial charge on any atom is 0.138 e. The van der Waals surface area contributed by atoms with Crippen LogP contribution in [0.25, 0.3) is 0 Å². The van der Waals surface area contributed by atoms with Crippen molar-refractivity contribution in [2.45, 2.75) is 6.92 Å². The summed E-state index contributed by atoms with van der Waals surface area (Å²) in [7, 11) is 0. The van der Waals surface area contributed by atoms with Gasteiger partial charge < -0.3 is 4.74 Å². The number of hydrogen-bond acceptors (Lipinski definition) is 3. The summed E-state index contributed by atoms with van der Waals surface area (Å²) in [5.74, 6) is 2.57. The first kappa shape index (κ1) is 12.2. The Morgan fingerprint density at radius 3 is 3.00 bits per heavy atom. The third-order valence-electron chi connectivity index (χ3n) is 1.78. The van der Waals surface area contributed by atoms with Crippen molar-refractivity contribution in [3.63, 3.8) is 0 Å². The lowest BCUT2D eigenvalue weighted by Crippen LogP contribution is -2.01. The molecule has 0 amide bonds. The average Bonchev–Trinajstić information content (AvgIpc) is 2.24. The molecule has 80 valence electrons. The summed E-state index contributed by atoms with van der Waals surface area (Å²) in [4.78, 5) is 0. The molecule has 1 rings (SSSR count). The normalized spacial score (nSPS) is 9.67. The SMILES string of the molecule is CCSCCOc1cccc(Cl)c1C#N. The van der Waals surface area contributed by atoms with Gasteiger partial charge in [-0.25, -0.2) is 0 Å². The molecule has 1 aromatic carbocycles. The van der Waals surface area contributed by atoms with Gasteiger partial charge in [0.25, 0.3) is 0 Å². The fraction of sp³-hybridized carbons (Fsp3) is 0.364. The molecule has 0 heterocycles. The molecule has 0 aliphatic heterocycles. The molecule has 4 heteroatoms. The molecule has 0 radical (unpaired) electrons. The number of nitriles is 1. The average molecular weight is 242 g/mol. The fourth-order valence-electron chi connectivity index (χ4n) is 1.09. The highest BCUT2D eigenvalue weighted by Crippen LogP contribution is 2.25. The predicted octanol–water partition coefficient (Wildman–Crippen LogP) is 3.34. The summed E-state index contributed by atoms with van der Waals surface area (Å²) in [5.41, 5.74) is 0.417. The second-order valence-corrected chi connectivity index (χ2v) is 4.57. The van der Waals surface area contributed by atoms with E-state index in [1.165, 1.54) is 0 Å². The summed E-state index contributed by atoms with van der Waals surface area (Å²) >= 11 is 7.67. The maximum atomic E-state index is 8.88. The third-order valence-corrected chi connectivity index (χ3v) is 2.96. The molecular formula is C11H12ClNOS. The molecule has 0 saturated heterocycles. The van der Waals surface area contributed by atoms with E-state index in [-0.39, 0.29) is 0 Å². The lowest BCUT2D eigenvalue weighted by molar-refractivity contribution is 0.343. The minimum atomic E-state index is 0.417. The van der Waals surface area contributed by atoms with E-state index in [4.69, 9.17) is 21.6 Å². The Hall–Kier alpha value is -0.850. The summed E-state index contributed by atoms with van der Waals surface area (Å²) < 4.78 is 5.48. The van der Waals surface area contributed by atoms with Crippen LogP contribution in [0, 0.1) is 11.3 Å². The fourth-order valence-corrected chi connectivity index (χ4v) is 1.79. The first-order valence-electron chi connectivity index (χ1n) is 4.68. The summed E-state index contributed by atoms with van der Waals surface area (Å²) in [6.45, 7) is 2.71. The molecule has 2 nitrogen and oxygen atoms in total. The summed E-state index contributed by atoms with van der Waals surface area (Å²) in [5, 5.41) is 9.33. The van der Waals surface area contributed by atoms with Crippen LogP contribution in [-0.4, -0.2) is 18.1 Å². The van der Waals surface area contributed by atoms with Gasteiger partial charge in [0.1, 0.15) is 17.4 Å². The van der Waals surface area contributed by atoms with Gasteiger partial charge in [0.05, 0.1) is 11.6 Å². The molecule has 0 fully saturated rings. The van der Waals surface area contributed by atoms with Crippen molar-refractivity contribution >= 4 is 23.4 Å². The molecule has 0 aliphatic carbocycles. The molecule has 0 aliphatic rings. The summed E-state index contributed by atoms with van der Waals surface area (Å²) in [6.07, 6.45) is 0. The Morgan fingerprint density at radius 1 is 1.53 bits per heavy atom. The van der Waals surface area contributed by atoms with E-state index in [0.29, 0.717) is 22.9 Å². The Labute approximate surface area is 99.2 Å². The molecule has 0 aromatic heterocycles. The van der Waals surface area contributed by atoms with Gasteiger partial charge >= 0.3 is 0 Å². The Bertz CT molecular complexity index is 362. The molecule has 1 aromatic rings. The first-order chi connectivity index (χ1) is 7.29. The van der Waals surface area contributed by atoms with Crippen LogP contribution in [0.3, 0.4) is 0 Å². The minimum absolute atomic E-state index is 0.417. The Kier molecular flexibility index (Phi) is 5.38. The van der Waals surface area contributed by atoms with Gasteiger partial charge in [-0.2, -0.15) is 17.0 Å². The van der Waals surface area contributed by atoms with Gasteiger partial charge in [-0.1, -0.05) is 24.6 Å². The monoisotopic (exact) mass is 241 g/mol. The van der Waals surface area contributed by atoms with Gasteiger partial charge in [0.15, 0.2) is 0 Å². The van der Waals surface area contributed by atoms with Crippen LogP contribution in [0.2, 0.25) is 5.02 Å². The van der Waals surface area contributed by atoms with Crippen molar-refractivity contribution < 1.29 is 4.74 Å². The molecule has 0 bridgehead atoms. The molecule has 0 N–H and O–H groups in total. The number of rotatable bonds is 5. The van der Waals surface area contributed by atoms with Crippen molar-refractivity contribution in [2.24, 2.45) is 0 Å². The van der Waals surface area contributed by atoms with Crippen molar-refractivity contribution in [3.05, 3.63) is 28.8 Å². The van der Waals surface area contributed by atoms with Crippen LogP contribution in [0.4, 0.5) is 0 Å². The molecule has 15 heavy (non-hydrogen) atoms. The smallest absolute Gasteiger partial charge is 0.138 e. The van der Waals surface area contributed by atoms with Gasteiger partial charge in [0.2, 0.25) is 0 Å². The van der Waals surface area contributed by atoms with Crippen molar-refractivity contribution in [3.8, 4) is 11.8 Å². The van der Waals surface area contributed by atoms with Gasteiger partial charge in [-0.15, -0.1) is 0 Å². The lowest BCUT2D eigenvalue weighted by Gasteiger charge is -2.07. The molecule has 0 spiro atoms. The highest BCUT2D eigenvalue weighted by atomic mass is 35.5. The standard InChI is InChI=1S/C11H12ClNOS/c1-2-15-7-6-14-11-5-3-4-10(12)9(11)8-13/h3-5H,2,6-7H2,1H3. The maximum absolute atomic E-state index is 8.88. The quantitative estimate of drug-likeness (QED) is 0.742. The van der Waals surface area contributed by atoms with Crippen LogP contribution in [0.5, 0.6) is 5.75 Å². The zero-order valence-electron chi connectivity index (χ0n) is 8.50. The second-order valence-electron chi connectivity index (χ2n) is 2.77. The molecule has 0 unspecified atom stereocenters. The van der Waals surface area contributed by atoms with E-state index in [2.05, 4.69) is 6.92 Å². The number of halogens is 1. The van der Waals surface area contributed by atoms with Crippen molar-refractivity contribution in [1.82, 2.24) is 0 Å². The zero-order chi connectivity index (χ0) is 11.1. The minimum Gasteiger partial charge on any atom is -0.491 e. The van der Waals surface area contributed by atoms with Crippen LogP contribution in [0.15, 0.2) is 18.2 Å². The number of hydrogen-bond donors (Lipinski definition) is 0. The third kappa shape index (κ3) is 3.65. The molecular weight excluding hydrogens is 230 g/mol. The van der Waals surface area contributed by atoms with E-state index in [9.17, 15) is 0 Å². The number of nitrogens with zero attached hydrogens (tertiary/aromatic N) is 1. The second kappa shape index (κ2) is 6.60. The first-order valence-corrected chi connectivity index (χ1v) is 6.22. The highest BCUT2D eigenvalue weighted by molar-refractivity contribution is 7.99. The highest BCUT2D eigenvalue weighted by Gasteiger charge is 2.06. The molecule has 0 atom stereocenters. The Balaban J connectivity index is 2.61. The van der Waals surface area contributed by atoms with E-state index < -0.39 is 0 Å². The van der Waals surface area contributed by atoms with Gasteiger partial charge in [-0.05, 0) is 17.9 Å². The van der Waals surface area contributed by atoms with Gasteiger partial charge in [0, 0.05) is 5.75 Å². The molecule has 0 saturated carbocycles. The lowest BCUT2D eigenvalue weighted by atomic mass is 10.2. The number of benzene rings is 1. The van der Waals surface area contributed by atoms with E-state index in [1.807, 2.05) is 6.07 Å². The Morgan fingerprint density at radius 2 is 2.33 bits per heavy atom.